The Labute approximate surface area is 153 Å². The van der Waals surface area contributed by atoms with Gasteiger partial charge in [-0.2, -0.15) is 0 Å². The molecule has 2 fully saturated rings. The summed E-state index contributed by atoms with van der Waals surface area (Å²) in [7, 11) is 1.65. The zero-order chi connectivity index (χ0) is 18.4. The predicted molar refractivity (Wildman–Crippen MR) is 98.2 cm³/mol. The number of rotatable bonds is 4. The van der Waals surface area contributed by atoms with E-state index in [0.29, 0.717) is 13.0 Å². The van der Waals surface area contributed by atoms with Crippen molar-refractivity contribution < 1.29 is 19.4 Å². The molecule has 26 heavy (non-hydrogen) atoms. The Morgan fingerprint density at radius 1 is 1.31 bits per heavy atom. The molecular formula is C20H26N2O4. The molecular weight excluding hydrogens is 332 g/mol. The van der Waals surface area contributed by atoms with Crippen LogP contribution in [0.15, 0.2) is 24.4 Å². The molecule has 1 atom stereocenters. The Hall–Kier alpha value is -2.21. The number of amides is 1. The molecule has 1 aromatic carbocycles. The van der Waals surface area contributed by atoms with E-state index in [1.165, 1.54) is 4.90 Å². The van der Waals surface area contributed by atoms with Gasteiger partial charge in [-0.3, -0.25) is 4.90 Å². The highest BCUT2D eigenvalue weighted by atomic mass is 16.6. The van der Waals surface area contributed by atoms with Gasteiger partial charge in [-0.1, -0.05) is 6.42 Å². The van der Waals surface area contributed by atoms with Gasteiger partial charge in [0.1, 0.15) is 5.75 Å². The average Bonchev–Trinajstić information content (AvgIpc) is 3.11. The van der Waals surface area contributed by atoms with Crippen LogP contribution in [-0.2, 0) is 11.2 Å². The number of hydrogen-bond donors (Lipinski definition) is 2. The van der Waals surface area contributed by atoms with E-state index in [0.717, 1.165) is 54.3 Å². The van der Waals surface area contributed by atoms with E-state index in [1.54, 1.807) is 14.0 Å². The van der Waals surface area contributed by atoms with Crippen molar-refractivity contribution in [3.05, 3.63) is 30.0 Å². The molecule has 1 spiro atoms. The average molecular weight is 358 g/mol. The van der Waals surface area contributed by atoms with Crippen molar-refractivity contribution in [3.63, 3.8) is 0 Å². The van der Waals surface area contributed by atoms with Crippen molar-refractivity contribution >= 4 is 17.0 Å². The van der Waals surface area contributed by atoms with E-state index in [1.807, 2.05) is 24.4 Å². The Morgan fingerprint density at radius 2 is 2.08 bits per heavy atom. The molecule has 1 aliphatic heterocycles. The van der Waals surface area contributed by atoms with Gasteiger partial charge >= 0.3 is 6.09 Å². The lowest BCUT2D eigenvalue weighted by Crippen LogP contribution is -2.57. The summed E-state index contributed by atoms with van der Waals surface area (Å²) < 4.78 is 11.0. The molecule has 1 aromatic heterocycles. The molecule has 0 bridgehead atoms. The number of carbonyl (C=O) groups excluding carboxylic acids is 1. The van der Waals surface area contributed by atoms with E-state index in [2.05, 4.69) is 4.98 Å². The standard InChI is InChI=1S/C20H26N2O4/c1-19(24)20(9-4-3-5-10-20)26-18(23)22(19)11-8-14-13-21-17-7-6-15(25-2)12-16(14)17/h6-7,12-13,21,24H,3-5,8-11H2,1-2H3/t19-/m1/s1. The first kappa shape index (κ1) is 17.2. The molecule has 0 radical (unpaired) electrons. The van der Waals surface area contributed by atoms with Crippen molar-refractivity contribution in [2.45, 2.75) is 56.8 Å². The quantitative estimate of drug-likeness (QED) is 0.876. The maximum atomic E-state index is 12.5. The number of nitrogens with one attached hydrogen (secondary N) is 1. The van der Waals surface area contributed by atoms with Gasteiger partial charge in [0.25, 0.3) is 0 Å². The fourth-order valence-electron chi connectivity index (χ4n) is 4.47. The van der Waals surface area contributed by atoms with Crippen LogP contribution in [0.4, 0.5) is 4.79 Å². The monoisotopic (exact) mass is 358 g/mol. The van der Waals surface area contributed by atoms with Gasteiger partial charge in [-0.25, -0.2) is 4.79 Å². The van der Waals surface area contributed by atoms with E-state index >= 15 is 0 Å². The lowest BCUT2D eigenvalue weighted by Gasteiger charge is -2.42. The minimum atomic E-state index is -1.27. The molecule has 140 valence electrons. The van der Waals surface area contributed by atoms with Crippen molar-refractivity contribution in [2.24, 2.45) is 0 Å². The van der Waals surface area contributed by atoms with E-state index in [9.17, 15) is 9.90 Å². The van der Waals surface area contributed by atoms with Crippen LogP contribution in [0.25, 0.3) is 10.9 Å². The summed E-state index contributed by atoms with van der Waals surface area (Å²) in [6, 6.07) is 5.89. The number of ether oxygens (including phenoxy) is 2. The van der Waals surface area contributed by atoms with Crippen molar-refractivity contribution in [3.8, 4) is 5.75 Å². The molecule has 2 aromatic rings. The molecule has 6 nitrogen and oxygen atoms in total. The normalized spacial score (nSPS) is 25.0. The molecule has 2 aliphatic rings. The van der Waals surface area contributed by atoms with E-state index in [4.69, 9.17) is 9.47 Å². The molecule has 4 rings (SSSR count). The number of methoxy groups -OCH3 is 1. The second-order valence-corrected chi connectivity index (χ2v) is 7.57. The van der Waals surface area contributed by atoms with Gasteiger partial charge in [-0.05, 0) is 62.8 Å². The zero-order valence-electron chi connectivity index (χ0n) is 15.4. The van der Waals surface area contributed by atoms with Gasteiger partial charge in [0.2, 0.25) is 0 Å². The number of hydrogen-bond acceptors (Lipinski definition) is 4. The summed E-state index contributed by atoms with van der Waals surface area (Å²) in [6.07, 6.45) is 6.74. The number of aliphatic hydroxyl groups is 1. The smallest absolute Gasteiger partial charge is 0.412 e. The van der Waals surface area contributed by atoms with Crippen LogP contribution >= 0.6 is 0 Å². The van der Waals surface area contributed by atoms with E-state index in [-0.39, 0.29) is 0 Å². The molecule has 1 saturated carbocycles. The highest BCUT2D eigenvalue weighted by Crippen LogP contribution is 2.46. The molecule has 0 unspecified atom stereocenters. The number of nitrogens with zero attached hydrogens (tertiary/aromatic N) is 1. The van der Waals surface area contributed by atoms with Gasteiger partial charge in [0.15, 0.2) is 11.3 Å². The van der Waals surface area contributed by atoms with Gasteiger partial charge in [0.05, 0.1) is 7.11 Å². The van der Waals surface area contributed by atoms with Gasteiger partial charge in [-0.15, -0.1) is 0 Å². The number of carbonyl (C=O) groups is 1. The summed E-state index contributed by atoms with van der Waals surface area (Å²) >= 11 is 0. The highest BCUT2D eigenvalue weighted by Gasteiger charge is 2.61. The lowest BCUT2D eigenvalue weighted by atomic mass is 9.77. The van der Waals surface area contributed by atoms with Gasteiger partial charge < -0.3 is 19.6 Å². The second-order valence-electron chi connectivity index (χ2n) is 7.57. The summed E-state index contributed by atoms with van der Waals surface area (Å²) in [5.41, 5.74) is 0.0903. The largest absolute Gasteiger partial charge is 0.497 e. The Bertz CT molecular complexity index is 820. The van der Waals surface area contributed by atoms with Crippen molar-refractivity contribution in [2.75, 3.05) is 13.7 Å². The van der Waals surface area contributed by atoms with Crippen LogP contribution in [-0.4, -0.2) is 46.1 Å². The Kier molecular flexibility index (Phi) is 4.10. The van der Waals surface area contributed by atoms with Crippen LogP contribution in [0.1, 0.15) is 44.6 Å². The second kappa shape index (κ2) is 6.20. The maximum absolute atomic E-state index is 12.5. The zero-order valence-corrected chi connectivity index (χ0v) is 15.4. The highest BCUT2D eigenvalue weighted by molar-refractivity contribution is 5.84. The molecule has 6 heteroatoms. The van der Waals surface area contributed by atoms with Crippen LogP contribution in [0, 0.1) is 0 Å². The van der Waals surface area contributed by atoms with Crippen LogP contribution in [0.3, 0.4) is 0 Å². The number of H-pyrrole nitrogens is 1. The topological polar surface area (TPSA) is 74.8 Å². The van der Waals surface area contributed by atoms with Crippen LogP contribution < -0.4 is 4.74 Å². The third-order valence-corrected chi connectivity index (χ3v) is 6.13. The number of aromatic amines is 1. The predicted octanol–water partition coefficient (Wildman–Crippen LogP) is 3.58. The minimum absolute atomic E-state index is 0.408. The number of benzene rings is 1. The Balaban J connectivity index is 1.55. The fourth-order valence-corrected chi connectivity index (χ4v) is 4.47. The third-order valence-electron chi connectivity index (χ3n) is 6.13. The summed E-state index contributed by atoms with van der Waals surface area (Å²) in [6.45, 7) is 2.14. The van der Waals surface area contributed by atoms with E-state index < -0.39 is 17.4 Å². The minimum Gasteiger partial charge on any atom is -0.497 e. The van der Waals surface area contributed by atoms with Crippen molar-refractivity contribution in [1.82, 2.24) is 9.88 Å². The SMILES string of the molecule is COc1ccc2[nH]cc(CCN3C(=O)OC4(CCCCC4)[C@@]3(C)O)c2c1. The first-order chi connectivity index (χ1) is 12.5. The first-order valence-corrected chi connectivity index (χ1v) is 9.34. The molecule has 1 amide bonds. The summed E-state index contributed by atoms with van der Waals surface area (Å²) in [5.74, 6) is 0.798. The van der Waals surface area contributed by atoms with Crippen molar-refractivity contribution in [1.29, 1.82) is 0 Å². The molecule has 2 heterocycles. The Morgan fingerprint density at radius 3 is 2.81 bits per heavy atom. The summed E-state index contributed by atoms with van der Waals surface area (Å²) in [5, 5.41) is 12.2. The number of fused-ring (bicyclic) bond motifs is 1. The third kappa shape index (κ3) is 2.55. The lowest BCUT2D eigenvalue weighted by molar-refractivity contribution is -0.158. The fraction of sp³-hybridized carbons (Fsp3) is 0.550. The molecule has 1 aliphatic carbocycles. The van der Waals surface area contributed by atoms with Crippen LogP contribution in [0.5, 0.6) is 5.75 Å². The first-order valence-electron chi connectivity index (χ1n) is 9.34. The molecule has 1 saturated heterocycles. The number of aromatic nitrogens is 1. The van der Waals surface area contributed by atoms with Crippen LogP contribution in [0.2, 0.25) is 0 Å². The summed E-state index contributed by atoms with van der Waals surface area (Å²) in [4.78, 5) is 17.3. The van der Waals surface area contributed by atoms with Gasteiger partial charge in [0, 0.05) is 23.6 Å². The maximum Gasteiger partial charge on any atom is 0.412 e. The molecule has 2 N–H and O–H groups in total.